The largest absolute Gasteiger partial charge is 0.308 e. The van der Waals surface area contributed by atoms with Crippen molar-refractivity contribution >= 4 is 21.8 Å². The van der Waals surface area contributed by atoms with Gasteiger partial charge in [-0.1, -0.05) is 175 Å². The van der Waals surface area contributed by atoms with Gasteiger partial charge in [0.2, 0.25) is 0 Å². The van der Waals surface area contributed by atoms with Crippen LogP contribution in [0.1, 0.15) is 11.1 Å². The van der Waals surface area contributed by atoms with Gasteiger partial charge >= 0.3 is 0 Å². The minimum absolute atomic E-state index is 0.603. The van der Waals surface area contributed by atoms with Crippen LogP contribution in [0, 0.1) is 13.8 Å². The molecule has 63 heavy (non-hydrogen) atoms. The highest BCUT2D eigenvalue weighted by Crippen LogP contribution is 2.40. The molecule has 0 N–H and O–H groups in total. The zero-order valence-corrected chi connectivity index (χ0v) is 34.9. The lowest BCUT2D eigenvalue weighted by molar-refractivity contribution is 1.13. The summed E-state index contributed by atoms with van der Waals surface area (Å²) in [5.74, 6) is 1.22. The lowest BCUT2D eigenvalue weighted by atomic mass is 9.97. The van der Waals surface area contributed by atoms with Crippen molar-refractivity contribution in [3.05, 3.63) is 223 Å². The number of aromatic nitrogens is 5. The maximum absolute atomic E-state index is 5.41. The number of para-hydroxylation sites is 1. The van der Waals surface area contributed by atoms with E-state index in [-0.39, 0.29) is 0 Å². The molecular weight excluding hydrogens is 767 g/mol. The van der Waals surface area contributed by atoms with E-state index in [4.69, 9.17) is 19.9 Å². The van der Waals surface area contributed by atoms with E-state index in [9.17, 15) is 0 Å². The van der Waals surface area contributed by atoms with Crippen molar-refractivity contribution in [3.63, 3.8) is 0 Å². The Bertz CT molecular complexity index is 3340. The predicted octanol–water partition coefficient (Wildman–Crippen LogP) is 14.6. The van der Waals surface area contributed by atoms with Gasteiger partial charge in [0.1, 0.15) is 0 Å². The summed E-state index contributed by atoms with van der Waals surface area (Å²) in [5, 5.41) is 2.34. The number of hydrogen-bond donors (Lipinski definition) is 0. The van der Waals surface area contributed by atoms with E-state index in [0.29, 0.717) is 11.6 Å². The molecule has 0 atom stereocenters. The van der Waals surface area contributed by atoms with Crippen LogP contribution in [0.25, 0.3) is 106 Å². The summed E-state index contributed by atoms with van der Waals surface area (Å²) in [6.07, 6.45) is 0. The lowest BCUT2D eigenvalue weighted by Crippen LogP contribution is -2.03. The molecule has 0 aliphatic heterocycles. The molecule has 0 aliphatic carbocycles. The van der Waals surface area contributed by atoms with E-state index in [1.54, 1.807) is 0 Å². The van der Waals surface area contributed by atoms with E-state index in [2.05, 4.69) is 182 Å². The Hall–Kier alpha value is -8.28. The molecule has 0 fully saturated rings. The first kappa shape index (κ1) is 37.7. The average Bonchev–Trinajstić information content (AvgIpc) is 3.68. The van der Waals surface area contributed by atoms with Crippen LogP contribution in [0.5, 0.6) is 0 Å². The zero-order valence-electron chi connectivity index (χ0n) is 34.9. The van der Waals surface area contributed by atoms with Crippen molar-refractivity contribution in [1.82, 2.24) is 24.5 Å². The van der Waals surface area contributed by atoms with Crippen LogP contribution in [0.2, 0.25) is 0 Å². The summed E-state index contributed by atoms with van der Waals surface area (Å²) in [7, 11) is 0. The zero-order chi connectivity index (χ0) is 42.3. The Kier molecular flexibility index (Phi) is 9.55. The smallest absolute Gasteiger partial charge is 0.162 e. The molecule has 0 aliphatic rings. The highest BCUT2D eigenvalue weighted by Gasteiger charge is 2.22. The number of nitrogens with zero attached hydrogens (tertiary/aromatic N) is 5. The Morgan fingerprint density at radius 1 is 0.317 bits per heavy atom. The molecule has 5 nitrogen and oxygen atoms in total. The summed E-state index contributed by atoms with van der Waals surface area (Å²) >= 11 is 0. The molecule has 0 spiro atoms. The summed E-state index contributed by atoms with van der Waals surface area (Å²) in [6.45, 7) is 4.34. The molecule has 0 unspecified atom stereocenters. The fourth-order valence-electron chi connectivity index (χ4n) is 8.76. The van der Waals surface area contributed by atoms with E-state index in [0.717, 1.165) is 78.4 Å². The van der Waals surface area contributed by atoms with E-state index < -0.39 is 0 Å². The number of benzene rings is 8. The maximum atomic E-state index is 5.41. The van der Waals surface area contributed by atoms with E-state index in [1.807, 2.05) is 48.5 Å². The maximum Gasteiger partial charge on any atom is 0.162 e. The van der Waals surface area contributed by atoms with Crippen molar-refractivity contribution in [3.8, 4) is 84.6 Å². The summed E-state index contributed by atoms with van der Waals surface area (Å²) in [5.41, 5.74) is 17.2. The number of fused-ring (bicyclic) bond motifs is 3. The van der Waals surface area contributed by atoms with Crippen molar-refractivity contribution in [2.45, 2.75) is 13.8 Å². The lowest BCUT2D eigenvalue weighted by Gasteiger charge is -2.17. The first-order valence-corrected chi connectivity index (χ1v) is 21.3. The minimum Gasteiger partial charge on any atom is -0.308 e. The molecule has 3 aromatic heterocycles. The van der Waals surface area contributed by atoms with Gasteiger partial charge in [0.25, 0.3) is 0 Å². The Morgan fingerprint density at radius 3 is 1.33 bits per heavy atom. The van der Waals surface area contributed by atoms with Crippen molar-refractivity contribution in [1.29, 1.82) is 0 Å². The molecule has 11 rings (SSSR count). The van der Waals surface area contributed by atoms with Gasteiger partial charge in [0.05, 0.1) is 39.5 Å². The monoisotopic (exact) mass is 807 g/mol. The highest BCUT2D eigenvalue weighted by atomic mass is 15.0. The summed E-state index contributed by atoms with van der Waals surface area (Å²) in [4.78, 5) is 21.3. The fourth-order valence-corrected chi connectivity index (χ4v) is 8.76. The normalized spacial score (nSPS) is 11.3. The molecule has 11 aromatic rings. The molecule has 0 saturated heterocycles. The van der Waals surface area contributed by atoms with Gasteiger partial charge < -0.3 is 4.57 Å². The van der Waals surface area contributed by atoms with Gasteiger partial charge in [-0.25, -0.2) is 19.9 Å². The van der Waals surface area contributed by atoms with Crippen LogP contribution in [-0.2, 0) is 0 Å². The molecular formula is C58H41N5. The molecule has 8 aromatic carbocycles. The third-order valence-corrected chi connectivity index (χ3v) is 11.8. The second-order valence-corrected chi connectivity index (χ2v) is 16.0. The van der Waals surface area contributed by atoms with Crippen LogP contribution >= 0.6 is 0 Å². The molecule has 0 amide bonds. The van der Waals surface area contributed by atoms with Crippen LogP contribution in [0.3, 0.4) is 0 Å². The highest BCUT2D eigenvalue weighted by molar-refractivity contribution is 6.11. The van der Waals surface area contributed by atoms with Crippen LogP contribution in [0.15, 0.2) is 212 Å². The van der Waals surface area contributed by atoms with Crippen molar-refractivity contribution < 1.29 is 0 Å². The average molecular weight is 808 g/mol. The summed E-state index contributed by atoms with van der Waals surface area (Å²) in [6, 6.07) is 74.2. The third-order valence-electron chi connectivity index (χ3n) is 11.8. The number of rotatable bonds is 8. The quantitative estimate of drug-likeness (QED) is 0.153. The molecule has 3 heterocycles. The van der Waals surface area contributed by atoms with Gasteiger partial charge in [-0.3, -0.25) is 0 Å². The Labute approximate surface area is 366 Å². The Morgan fingerprint density at radius 2 is 0.794 bits per heavy atom. The molecule has 0 bridgehead atoms. The molecule has 298 valence electrons. The SMILES string of the molecule is Cc1ccc(-c2ccc3c4ccccc4n(-c4ccc(-c5nc(-c6ccccc6)cc(-c6ccccc6)n5)cc4-c4nc(-c5ccccc5)cc(-c5ccccc5)n4)c3c2)c(C)c1. The fraction of sp³-hybridized carbons (Fsp3) is 0.0345. The van der Waals surface area contributed by atoms with Gasteiger partial charge in [-0.05, 0) is 73.0 Å². The van der Waals surface area contributed by atoms with Gasteiger partial charge in [-0.2, -0.15) is 0 Å². The van der Waals surface area contributed by atoms with Crippen molar-refractivity contribution in [2.75, 3.05) is 0 Å². The standard InChI is InChI=1S/C58H41N5/c1-38-27-30-46(39(2)33-38)44-28-31-48-47-25-15-16-26-54(47)63(56(48)35-44)55-32-29-45(57-59-50(40-17-7-3-8-18-40)36-51(60-57)41-19-9-4-10-20-41)34-49(55)58-61-52(42-21-11-5-12-22-42)37-53(62-58)43-23-13-6-14-24-43/h3-37H,1-2H3. The van der Waals surface area contributed by atoms with Crippen LogP contribution < -0.4 is 0 Å². The van der Waals surface area contributed by atoms with Gasteiger partial charge in [0.15, 0.2) is 11.6 Å². The second-order valence-electron chi connectivity index (χ2n) is 16.0. The van der Waals surface area contributed by atoms with E-state index in [1.165, 1.54) is 27.5 Å². The van der Waals surface area contributed by atoms with Crippen LogP contribution in [-0.4, -0.2) is 24.5 Å². The molecule has 0 saturated carbocycles. The van der Waals surface area contributed by atoms with Gasteiger partial charge in [0, 0.05) is 44.2 Å². The topological polar surface area (TPSA) is 56.5 Å². The first-order valence-electron chi connectivity index (χ1n) is 21.3. The minimum atomic E-state index is 0.603. The van der Waals surface area contributed by atoms with Crippen LogP contribution in [0.4, 0.5) is 0 Å². The second kappa shape index (κ2) is 16.0. The molecule has 5 heteroatoms. The van der Waals surface area contributed by atoms with E-state index >= 15 is 0 Å². The predicted molar refractivity (Wildman–Crippen MR) is 259 cm³/mol. The number of aryl methyl sites for hydroxylation is 2. The van der Waals surface area contributed by atoms with Gasteiger partial charge in [-0.15, -0.1) is 0 Å². The number of hydrogen-bond acceptors (Lipinski definition) is 4. The molecule has 0 radical (unpaired) electrons. The third kappa shape index (κ3) is 7.15. The first-order chi connectivity index (χ1) is 31.0. The Balaban J connectivity index is 1.21. The van der Waals surface area contributed by atoms with Crippen molar-refractivity contribution in [2.24, 2.45) is 0 Å². The summed E-state index contributed by atoms with van der Waals surface area (Å²) < 4.78 is 2.38.